The van der Waals surface area contributed by atoms with Gasteiger partial charge in [0.2, 0.25) is 0 Å². The van der Waals surface area contributed by atoms with Crippen molar-refractivity contribution in [3.05, 3.63) is 96.1 Å². The molecule has 0 aliphatic heterocycles. The average Bonchev–Trinajstić information content (AvgIpc) is 3.37. The summed E-state index contributed by atoms with van der Waals surface area (Å²) in [6, 6.07) is 21.7. The molecular weight excluding hydrogens is 336 g/mol. The van der Waals surface area contributed by atoms with Gasteiger partial charge in [-0.2, -0.15) is 19.6 Å². The molecule has 4 rings (SSSR count). The fraction of sp³-hybridized carbons (Fsp3) is 0.136. The zero-order valence-corrected chi connectivity index (χ0v) is 15.1. The molecule has 2 aromatic heterocycles. The molecule has 0 aliphatic carbocycles. The Kier molecular flexibility index (Phi) is 4.66. The molecule has 0 fully saturated rings. The Bertz CT molecular complexity index is 1030. The Balaban J connectivity index is 1.90. The summed E-state index contributed by atoms with van der Waals surface area (Å²) >= 11 is 0. The highest BCUT2D eigenvalue weighted by atomic mass is 16.2. The maximum absolute atomic E-state index is 13.0. The number of aromatic nitrogens is 4. The minimum atomic E-state index is -0.275. The predicted molar refractivity (Wildman–Crippen MR) is 105 cm³/mol. The van der Waals surface area contributed by atoms with Gasteiger partial charge in [-0.15, -0.1) is 0 Å². The maximum Gasteiger partial charge on any atom is 0.369 e. The first-order valence-electron chi connectivity index (χ1n) is 9.02. The lowest BCUT2D eigenvalue weighted by molar-refractivity contribution is 0.237. The number of benzene rings is 2. The molecule has 0 radical (unpaired) electrons. The molecule has 0 aliphatic rings. The molecule has 2 aromatic carbocycles. The van der Waals surface area contributed by atoms with E-state index in [2.05, 4.69) is 41.4 Å². The molecule has 0 unspecified atom stereocenters. The van der Waals surface area contributed by atoms with Gasteiger partial charge in [0.05, 0.1) is 11.4 Å². The van der Waals surface area contributed by atoms with Gasteiger partial charge < -0.3 is 0 Å². The molecule has 5 heteroatoms. The summed E-state index contributed by atoms with van der Waals surface area (Å²) in [5.74, 6) is 0. The molecule has 2 heterocycles. The number of hydrogen-bond donors (Lipinski definition) is 0. The van der Waals surface area contributed by atoms with Gasteiger partial charge in [-0.1, -0.05) is 67.6 Å². The third-order valence-electron chi connectivity index (χ3n) is 4.55. The van der Waals surface area contributed by atoms with E-state index in [1.54, 1.807) is 18.5 Å². The number of carbonyl (C=O) groups is 1. The monoisotopic (exact) mass is 356 g/mol. The highest BCUT2D eigenvalue weighted by Crippen LogP contribution is 2.30. The summed E-state index contributed by atoms with van der Waals surface area (Å²) in [5.41, 5.74) is 5.02. The normalized spacial score (nSPS) is 10.9. The minimum Gasteiger partial charge on any atom is -0.244 e. The highest BCUT2D eigenvalue weighted by Gasteiger charge is 2.23. The van der Waals surface area contributed by atoms with Crippen molar-refractivity contribution in [3.8, 4) is 11.1 Å². The lowest BCUT2D eigenvalue weighted by Gasteiger charge is -2.09. The van der Waals surface area contributed by atoms with Crippen molar-refractivity contribution in [1.82, 2.24) is 19.6 Å². The van der Waals surface area contributed by atoms with Crippen LogP contribution in [0.2, 0.25) is 0 Å². The minimum absolute atomic E-state index is 0.275. The van der Waals surface area contributed by atoms with Gasteiger partial charge in [0.25, 0.3) is 0 Å². The second-order valence-corrected chi connectivity index (χ2v) is 6.30. The molecule has 0 N–H and O–H groups in total. The third-order valence-corrected chi connectivity index (χ3v) is 4.55. The Morgan fingerprint density at radius 1 is 0.963 bits per heavy atom. The van der Waals surface area contributed by atoms with E-state index in [0.29, 0.717) is 6.42 Å². The molecule has 5 nitrogen and oxygen atoms in total. The quantitative estimate of drug-likeness (QED) is 0.544. The first kappa shape index (κ1) is 17.0. The lowest BCUT2D eigenvalue weighted by atomic mass is 9.98. The molecular formula is C22H20N4O. The fourth-order valence-corrected chi connectivity index (χ4v) is 3.28. The second kappa shape index (κ2) is 7.41. The zero-order chi connectivity index (χ0) is 18.6. The molecule has 0 spiro atoms. The van der Waals surface area contributed by atoms with Gasteiger partial charge in [0.1, 0.15) is 0 Å². The summed E-state index contributed by atoms with van der Waals surface area (Å²) < 4.78 is 2.82. The van der Waals surface area contributed by atoms with Crippen LogP contribution in [0.25, 0.3) is 11.1 Å². The van der Waals surface area contributed by atoms with Crippen LogP contribution in [-0.2, 0) is 12.8 Å². The van der Waals surface area contributed by atoms with Crippen molar-refractivity contribution in [2.75, 3.05) is 0 Å². The third kappa shape index (κ3) is 3.31. The summed E-state index contributed by atoms with van der Waals surface area (Å²) in [7, 11) is 0. The molecule has 0 saturated heterocycles. The SMILES string of the molecule is CCc1nn(C(=O)n2cccn2)c(Cc2ccccc2)c1-c1ccccc1. The first-order valence-corrected chi connectivity index (χ1v) is 9.02. The van der Waals surface area contributed by atoms with Crippen molar-refractivity contribution in [2.24, 2.45) is 0 Å². The first-order chi connectivity index (χ1) is 13.3. The van der Waals surface area contributed by atoms with Gasteiger partial charge in [0, 0.05) is 24.4 Å². The van der Waals surface area contributed by atoms with E-state index in [1.807, 2.05) is 36.4 Å². The van der Waals surface area contributed by atoms with Crippen LogP contribution >= 0.6 is 0 Å². The Morgan fingerprint density at radius 3 is 2.30 bits per heavy atom. The Morgan fingerprint density at radius 2 is 1.67 bits per heavy atom. The second-order valence-electron chi connectivity index (χ2n) is 6.30. The van der Waals surface area contributed by atoms with E-state index in [9.17, 15) is 4.79 Å². The molecule has 27 heavy (non-hydrogen) atoms. The summed E-state index contributed by atoms with van der Waals surface area (Å²) in [4.78, 5) is 13.0. The van der Waals surface area contributed by atoms with Gasteiger partial charge in [-0.05, 0) is 23.6 Å². The number of hydrogen-bond acceptors (Lipinski definition) is 3. The van der Waals surface area contributed by atoms with E-state index in [-0.39, 0.29) is 6.03 Å². The van der Waals surface area contributed by atoms with Crippen molar-refractivity contribution in [3.63, 3.8) is 0 Å². The summed E-state index contributed by atoms with van der Waals surface area (Å²) in [6.07, 6.45) is 4.59. The van der Waals surface area contributed by atoms with Crippen molar-refractivity contribution < 1.29 is 4.79 Å². The predicted octanol–water partition coefficient (Wildman–Crippen LogP) is 4.42. The lowest BCUT2D eigenvalue weighted by Crippen LogP contribution is -2.23. The fourth-order valence-electron chi connectivity index (χ4n) is 3.28. The smallest absolute Gasteiger partial charge is 0.244 e. The van der Waals surface area contributed by atoms with Crippen molar-refractivity contribution in [1.29, 1.82) is 0 Å². The van der Waals surface area contributed by atoms with Crippen LogP contribution in [0.3, 0.4) is 0 Å². The van der Waals surface area contributed by atoms with E-state index in [1.165, 1.54) is 9.36 Å². The van der Waals surface area contributed by atoms with E-state index < -0.39 is 0 Å². The number of carbonyl (C=O) groups excluding carboxylic acids is 1. The van der Waals surface area contributed by atoms with Crippen LogP contribution in [-0.4, -0.2) is 25.6 Å². The molecule has 0 saturated carbocycles. The van der Waals surface area contributed by atoms with Crippen LogP contribution < -0.4 is 0 Å². The highest BCUT2D eigenvalue weighted by molar-refractivity contribution is 5.82. The summed E-state index contributed by atoms with van der Waals surface area (Å²) in [6.45, 7) is 2.06. The van der Waals surface area contributed by atoms with Gasteiger partial charge in [0.15, 0.2) is 0 Å². The molecule has 0 atom stereocenters. The molecule has 0 amide bonds. The van der Waals surface area contributed by atoms with E-state index in [0.717, 1.165) is 34.5 Å². The van der Waals surface area contributed by atoms with Crippen LogP contribution in [0.5, 0.6) is 0 Å². The van der Waals surface area contributed by atoms with Crippen molar-refractivity contribution >= 4 is 6.03 Å². The van der Waals surface area contributed by atoms with Crippen molar-refractivity contribution in [2.45, 2.75) is 19.8 Å². The number of nitrogens with zero attached hydrogens (tertiary/aromatic N) is 4. The largest absolute Gasteiger partial charge is 0.369 e. The zero-order valence-electron chi connectivity index (χ0n) is 15.1. The average molecular weight is 356 g/mol. The van der Waals surface area contributed by atoms with E-state index >= 15 is 0 Å². The molecule has 4 aromatic rings. The standard InChI is InChI=1S/C22H20N4O/c1-2-19-21(18-12-7-4-8-13-18)20(16-17-10-5-3-6-11-17)26(24-19)22(27)25-15-9-14-23-25/h3-15H,2,16H2,1H3. The number of aryl methyl sites for hydroxylation is 1. The van der Waals surface area contributed by atoms with Crippen LogP contribution in [0.15, 0.2) is 79.1 Å². The Labute approximate surface area is 157 Å². The van der Waals surface area contributed by atoms with Crippen LogP contribution in [0, 0.1) is 0 Å². The van der Waals surface area contributed by atoms with Gasteiger partial charge in [-0.25, -0.2) is 4.79 Å². The van der Waals surface area contributed by atoms with Gasteiger partial charge >= 0.3 is 6.03 Å². The molecule has 0 bridgehead atoms. The van der Waals surface area contributed by atoms with Crippen LogP contribution in [0.4, 0.5) is 4.79 Å². The summed E-state index contributed by atoms with van der Waals surface area (Å²) in [5, 5.41) is 8.75. The van der Waals surface area contributed by atoms with Crippen LogP contribution in [0.1, 0.15) is 23.9 Å². The maximum atomic E-state index is 13.0. The van der Waals surface area contributed by atoms with E-state index in [4.69, 9.17) is 0 Å². The topological polar surface area (TPSA) is 52.7 Å². The Hall–Kier alpha value is -3.47. The molecule has 134 valence electrons. The van der Waals surface area contributed by atoms with Gasteiger partial charge in [-0.3, -0.25) is 0 Å². The number of rotatable bonds is 4.